The Morgan fingerprint density at radius 2 is 1.68 bits per heavy atom. The molecule has 0 atom stereocenters. The number of benzene rings is 2. The van der Waals surface area contributed by atoms with Crippen LogP contribution in [-0.4, -0.2) is 36.9 Å². The largest absolute Gasteiger partial charge is 0.360 e. The van der Waals surface area contributed by atoms with Gasteiger partial charge in [0.25, 0.3) is 5.91 Å². The van der Waals surface area contributed by atoms with E-state index in [1.807, 2.05) is 24.3 Å². The molecule has 2 aromatic carbocycles. The van der Waals surface area contributed by atoms with Crippen LogP contribution in [0.15, 0.2) is 54.6 Å². The van der Waals surface area contributed by atoms with Crippen LogP contribution in [0.3, 0.4) is 0 Å². The number of nitrogens with one attached hydrogen (secondary N) is 2. The van der Waals surface area contributed by atoms with Crippen molar-refractivity contribution < 1.29 is 9.69 Å². The molecule has 1 heterocycles. The maximum Gasteiger partial charge on any atom is 0.257 e. The Morgan fingerprint density at radius 3 is 2.28 bits per heavy atom. The minimum absolute atomic E-state index is 0.408. The van der Waals surface area contributed by atoms with E-state index in [0.29, 0.717) is 5.69 Å². The first kappa shape index (κ1) is 18.1. The average Bonchev–Trinajstić information content (AvgIpc) is 2.64. The number of anilines is 2. The third-order valence-corrected chi connectivity index (χ3v) is 4.86. The van der Waals surface area contributed by atoms with Crippen molar-refractivity contribution in [3.05, 3.63) is 60.2 Å². The SMILES string of the molecule is O=C(Nc1ccc(N2CC[NH+](Cc3ccccc3)CC2)cc1)C(Cl)Cl. The molecule has 1 saturated heterocycles. The van der Waals surface area contributed by atoms with Crippen LogP contribution in [0.25, 0.3) is 0 Å². The molecule has 0 saturated carbocycles. The smallest absolute Gasteiger partial charge is 0.257 e. The highest BCUT2D eigenvalue weighted by Crippen LogP contribution is 2.19. The maximum absolute atomic E-state index is 11.5. The monoisotopic (exact) mass is 378 g/mol. The second kappa shape index (κ2) is 8.56. The molecule has 4 nitrogen and oxygen atoms in total. The second-order valence-corrected chi connectivity index (χ2v) is 7.33. The van der Waals surface area contributed by atoms with Gasteiger partial charge in [0.05, 0.1) is 26.2 Å². The summed E-state index contributed by atoms with van der Waals surface area (Å²) in [7, 11) is 0. The van der Waals surface area contributed by atoms with Crippen LogP contribution in [0, 0.1) is 0 Å². The molecule has 0 bridgehead atoms. The van der Waals surface area contributed by atoms with Gasteiger partial charge in [-0.05, 0) is 24.3 Å². The van der Waals surface area contributed by atoms with E-state index >= 15 is 0 Å². The fourth-order valence-electron chi connectivity index (χ4n) is 3.09. The van der Waals surface area contributed by atoms with Gasteiger partial charge in [0.2, 0.25) is 0 Å². The number of quaternary nitrogens is 1. The summed E-state index contributed by atoms with van der Waals surface area (Å²) >= 11 is 11.1. The number of halogens is 2. The van der Waals surface area contributed by atoms with Crippen LogP contribution in [0.1, 0.15) is 5.56 Å². The van der Waals surface area contributed by atoms with Crippen molar-refractivity contribution in [3.63, 3.8) is 0 Å². The van der Waals surface area contributed by atoms with Gasteiger partial charge >= 0.3 is 0 Å². The van der Waals surface area contributed by atoms with E-state index in [1.165, 1.54) is 11.3 Å². The van der Waals surface area contributed by atoms with E-state index in [-0.39, 0.29) is 0 Å². The molecule has 0 unspecified atom stereocenters. The van der Waals surface area contributed by atoms with Gasteiger partial charge in [-0.3, -0.25) is 4.79 Å². The number of nitrogens with zero attached hydrogens (tertiary/aromatic N) is 1. The number of carbonyl (C=O) groups excluding carboxylic acids is 1. The summed E-state index contributed by atoms with van der Waals surface area (Å²) in [6.45, 7) is 5.37. The lowest BCUT2D eigenvalue weighted by molar-refractivity contribution is -0.914. The molecule has 0 spiro atoms. The molecular formula is C19H22Cl2N3O+. The average molecular weight is 379 g/mol. The van der Waals surface area contributed by atoms with Gasteiger partial charge in [0.15, 0.2) is 4.84 Å². The zero-order chi connectivity index (χ0) is 17.6. The fraction of sp³-hybridized carbons (Fsp3) is 0.316. The van der Waals surface area contributed by atoms with Gasteiger partial charge in [-0.2, -0.15) is 0 Å². The molecule has 1 amide bonds. The summed E-state index contributed by atoms with van der Waals surface area (Å²) in [6.07, 6.45) is 0. The first-order chi connectivity index (χ1) is 12.1. The van der Waals surface area contributed by atoms with Gasteiger partial charge in [-0.15, -0.1) is 0 Å². The lowest BCUT2D eigenvalue weighted by Crippen LogP contribution is -3.13. The molecular weight excluding hydrogens is 357 g/mol. The van der Waals surface area contributed by atoms with Gasteiger partial charge in [0, 0.05) is 16.9 Å². The Hall–Kier alpha value is -1.75. The van der Waals surface area contributed by atoms with E-state index in [9.17, 15) is 4.79 Å². The molecule has 2 aromatic rings. The molecule has 6 heteroatoms. The van der Waals surface area contributed by atoms with Gasteiger partial charge < -0.3 is 15.1 Å². The zero-order valence-electron chi connectivity index (χ0n) is 13.9. The Balaban J connectivity index is 1.51. The van der Waals surface area contributed by atoms with Crippen molar-refractivity contribution in [2.75, 3.05) is 36.4 Å². The molecule has 3 rings (SSSR count). The molecule has 1 fully saturated rings. The van der Waals surface area contributed by atoms with Crippen molar-refractivity contribution >= 4 is 40.5 Å². The molecule has 0 aromatic heterocycles. The Labute approximate surface area is 158 Å². The van der Waals surface area contributed by atoms with Gasteiger partial charge in [-0.25, -0.2) is 0 Å². The first-order valence-corrected chi connectivity index (χ1v) is 9.30. The van der Waals surface area contributed by atoms with E-state index in [0.717, 1.165) is 32.7 Å². The van der Waals surface area contributed by atoms with E-state index < -0.39 is 10.7 Å². The molecule has 2 N–H and O–H groups in total. The van der Waals surface area contributed by atoms with Crippen molar-refractivity contribution in [2.45, 2.75) is 11.4 Å². The molecule has 132 valence electrons. The van der Waals surface area contributed by atoms with Crippen LogP contribution >= 0.6 is 23.2 Å². The first-order valence-electron chi connectivity index (χ1n) is 8.43. The lowest BCUT2D eigenvalue weighted by atomic mass is 10.2. The van der Waals surface area contributed by atoms with Crippen LogP contribution < -0.4 is 15.1 Å². The molecule has 0 aliphatic carbocycles. The summed E-state index contributed by atoms with van der Waals surface area (Å²) in [6, 6.07) is 18.5. The lowest BCUT2D eigenvalue weighted by Gasteiger charge is -2.33. The number of hydrogen-bond donors (Lipinski definition) is 2. The van der Waals surface area contributed by atoms with Gasteiger partial charge in [0.1, 0.15) is 6.54 Å². The number of amides is 1. The van der Waals surface area contributed by atoms with Crippen molar-refractivity contribution in [1.82, 2.24) is 0 Å². The Bertz CT molecular complexity index is 684. The van der Waals surface area contributed by atoms with Crippen molar-refractivity contribution in [2.24, 2.45) is 0 Å². The topological polar surface area (TPSA) is 36.8 Å². The van der Waals surface area contributed by atoms with E-state index in [2.05, 4.69) is 40.5 Å². The third kappa shape index (κ3) is 5.11. The minimum atomic E-state index is -1.06. The Kier molecular flexibility index (Phi) is 6.19. The second-order valence-electron chi connectivity index (χ2n) is 6.24. The number of alkyl halides is 2. The summed E-state index contributed by atoms with van der Waals surface area (Å²) in [4.78, 5) is 14.4. The van der Waals surface area contributed by atoms with Crippen LogP contribution in [-0.2, 0) is 11.3 Å². The Morgan fingerprint density at radius 1 is 1.04 bits per heavy atom. The number of piperazine rings is 1. The standard InChI is InChI=1S/C19H21Cl2N3O/c20-18(21)19(25)22-16-6-8-17(9-7-16)24-12-10-23(11-13-24)14-15-4-2-1-3-5-15/h1-9,18H,10-14H2,(H,22,25)/p+1. The molecule has 1 aliphatic heterocycles. The highest BCUT2D eigenvalue weighted by molar-refractivity contribution is 6.54. The third-order valence-electron chi connectivity index (χ3n) is 4.47. The molecule has 1 aliphatic rings. The van der Waals surface area contributed by atoms with Crippen LogP contribution in [0.5, 0.6) is 0 Å². The van der Waals surface area contributed by atoms with E-state index in [4.69, 9.17) is 23.2 Å². The quantitative estimate of drug-likeness (QED) is 0.783. The zero-order valence-corrected chi connectivity index (χ0v) is 15.4. The van der Waals surface area contributed by atoms with Gasteiger partial charge in [-0.1, -0.05) is 53.5 Å². The van der Waals surface area contributed by atoms with E-state index in [1.54, 1.807) is 4.90 Å². The highest BCUT2D eigenvalue weighted by atomic mass is 35.5. The normalized spacial score (nSPS) is 15.4. The summed E-state index contributed by atoms with van der Waals surface area (Å²) < 4.78 is 0. The number of hydrogen-bond acceptors (Lipinski definition) is 2. The van der Waals surface area contributed by atoms with Crippen molar-refractivity contribution in [1.29, 1.82) is 0 Å². The molecule has 0 radical (unpaired) electrons. The maximum atomic E-state index is 11.5. The summed E-state index contributed by atoms with van der Waals surface area (Å²) in [5.74, 6) is -0.408. The summed E-state index contributed by atoms with van der Waals surface area (Å²) in [5.41, 5.74) is 3.27. The predicted octanol–water partition coefficient (Wildman–Crippen LogP) is 2.33. The fourth-order valence-corrected chi connectivity index (χ4v) is 3.20. The van der Waals surface area contributed by atoms with Crippen molar-refractivity contribution in [3.8, 4) is 0 Å². The highest BCUT2D eigenvalue weighted by Gasteiger charge is 2.20. The number of rotatable bonds is 5. The predicted molar refractivity (Wildman–Crippen MR) is 104 cm³/mol. The van der Waals surface area contributed by atoms with Crippen LogP contribution in [0.4, 0.5) is 11.4 Å². The summed E-state index contributed by atoms with van der Waals surface area (Å²) in [5, 5.41) is 2.68. The minimum Gasteiger partial charge on any atom is -0.360 e. The number of carbonyl (C=O) groups is 1. The van der Waals surface area contributed by atoms with Crippen LogP contribution in [0.2, 0.25) is 0 Å². The molecule has 25 heavy (non-hydrogen) atoms.